The number of imidazole rings is 1. The lowest BCUT2D eigenvalue weighted by Gasteiger charge is -2.01. The predicted molar refractivity (Wildman–Crippen MR) is 59.7 cm³/mol. The Hall–Kier alpha value is -2.15. The van der Waals surface area contributed by atoms with E-state index in [1.54, 1.807) is 6.92 Å². The second kappa shape index (κ2) is 4.15. The Balaban J connectivity index is 2.47. The Morgan fingerprint density at radius 2 is 2.31 bits per heavy atom. The molecule has 0 fully saturated rings. The maximum Gasteiger partial charge on any atom is 0.162 e. The summed E-state index contributed by atoms with van der Waals surface area (Å²) in [7, 11) is 0. The van der Waals surface area contributed by atoms with Crippen molar-refractivity contribution in [1.82, 2.24) is 9.97 Å². The van der Waals surface area contributed by atoms with Crippen LogP contribution in [0.4, 0.5) is 0 Å². The first kappa shape index (κ1) is 10.4. The molecule has 0 spiro atoms. The normalized spacial score (nSPS) is 12.2. The van der Waals surface area contributed by atoms with Crippen LogP contribution >= 0.6 is 0 Å². The number of carbonyl (C=O) groups is 1. The molecule has 2 aromatic rings. The molecule has 4 nitrogen and oxygen atoms in total. The minimum Gasteiger partial charge on any atom is -0.340 e. The van der Waals surface area contributed by atoms with Crippen LogP contribution in [-0.4, -0.2) is 15.8 Å². The number of hydrogen-bond acceptors (Lipinski definition) is 3. The highest BCUT2D eigenvalue weighted by atomic mass is 16.1. The molecule has 1 unspecified atom stereocenters. The number of para-hydroxylation sites is 2. The highest BCUT2D eigenvalue weighted by Gasteiger charge is 2.21. The van der Waals surface area contributed by atoms with Crippen molar-refractivity contribution in [1.29, 1.82) is 5.26 Å². The topological polar surface area (TPSA) is 69.5 Å². The van der Waals surface area contributed by atoms with Crippen LogP contribution in [0, 0.1) is 11.3 Å². The van der Waals surface area contributed by atoms with Crippen molar-refractivity contribution in [3.8, 4) is 6.07 Å². The van der Waals surface area contributed by atoms with E-state index in [2.05, 4.69) is 9.97 Å². The molecule has 0 bridgehead atoms. The molecule has 0 radical (unpaired) electrons. The fourth-order valence-electron chi connectivity index (χ4n) is 1.60. The highest BCUT2D eigenvalue weighted by Crippen LogP contribution is 2.18. The highest BCUT2D eigenvalue weighted by molar-refractivity contribution is 5.88. The van der Waals surface area contributed by atoms with Crippen molar-refractivity contribution < 1.29 is 4.79 Å². The Labute approximate surface area is 92.9 Å². The molecule has 16 heavy (non-hydrogen) atoms. The summed E-state index contributed by atoms with van der Waals surface area (Å²) in [5.74, 6) is -0.450. The van der Waals surface area contributed by atoms with E-state index in [-0.39, 0.29) is 5.78 Å². The van der Waals surface area contributed by atoms with Crippen LogP contribution in [0.3, 0.4) is 0 Å². The number of fused-ring (bicyclic) bond motifs is 1. The summed E-state index contributed by atoms with van der Waals surface area (Å²) in [6.45, 7) is 1.75. The summed E-state index contributed by atoms with van der Waals surface area (Å²) in [6, 6.07) is 9.46. The van der Waals surface area contributed by atoms with Gasteiger partial charge in [-0.25, -0.2) is 4.98 Å². The van der Waals surface area contributed by atoms with Crippen LogP contribution in [0.1, 0.15) is 25.1 Å². The Bertz CT molecular complexity index is 532. The van der Waals surface area contributed by atoms with Crippen LogP contribution in [0.2, 0.25) is 0 Å². The summed E-state index contributed by atoms with van der Waals surface area (Å²) < 4.78 is 0. The van der Waals surface area contributed by atoms with E-state index in [0.29, 0.717) is 12.2 Å². The molecule has 4 heteroatoms. The van der Waals surface area contributed by atoms with Gasteiger partial charge in [-0.15, -0.1) is 0 Å². The number of aromatic nitrogens is 2. The monoisotopic (exact) mass is 213 g/mol. The van der Waals surface area contributed by atoms with Crippen LogP contribution in [-0.2, 0) is 4.79 Å². The zero-order valence-electron chi connectivity index (χ0n) is 8.90. The van der Waals surface area contributed by atoms with E-state index >= 15 is 0 Å². The van der Waals surface area contributed by atoms with E-state index < -0.39 is 5.92 Å². The fourth-order valence-corrected chi connectivity index (χ4v) is 1.60. The molecule has 80 valence electrons. The third-order valence-corrected chi connectivity index (χ3v) is 2.48. The molecule has 0 aliphatic carbocycles. The molecule has 1 heterocycles. The number of nitrogens with one attached hydrogen (secondary N) is 1. The number of carbonyl (C=O) groups excluding carboxylic acids is 1. The maximum atomic E-state index is 11.5. The van der Waals surface area contributed by atoms with Crippen LogP contribution < -0.4 is 0 Å². The van der Waals surface area contributed by atoms with Crippen LogP contribution in [0.25, 0.3) is 11.0 Å². The van der Waals surface area contributed by atoms with Crippen molar-refractivity contribution >= 4 is 16.8 Å². The minimum absolute atomic E-state index is 0.110. The van der Waals surface area contributed by atoms with E-state index in [1.807, 2.05) is 30.3 Å². The van der Waals surface area contributed by atoms with Gasteiger partial charge >= 0.3 is 0 Å². The van der Waals surface area contributed by atoms with Crippen molar-refractivity contribution in [3.05, 3.63) is 30.1 Å². The molecule has 0 saturated heterocycles. The number of benzene rings is 1. The molecule has 1 aromatic heterocycles. The summed E-state index contributed by atoms with van der Waals surface area (Å²) in [5.41, 5.74) is 1.63. The standard InChI is InChI=1S/C12H11N3O/c1-2-11(16)8(7-13)12-14-9-5-3-4-6-10(9)15-12/h3-6,8H,2H2,1H3,(H,14,15). The third kappa shape index (κ3) is 1.68. The van der Waals surface area contributed by atoms with Gasteiger partial charge in [-0.3, -0.25) is 4.79 Å². The smallest absolute Gasteiger partial charge is 0.162 e. The predicted octanol–water partition coefficient (Wildman–Crippen LogP) is 2.15. The van der Waals surface area contributed by atoms with E-state index in [4.69, 9.17) is 5.26 Å². The number of hydrogen-bond donors (Lipinski definition) is 1. The molecule has 1 N–H and O–H groups in total. The third-order valence-electron chi connectivity index (χ3n) is 2.48. The number of nitriles is 1. The SMILES string of the molecule is CCC(=O)C(C#N)c1nc2ccccc2[nH]1. The number of nitrogens with zero attached hydrogens (tertiary/aromatic N) is 2. The van der Waals surface area contributed by atoms with Gasteiger partial charge in [0.2, 0.25) is 0 Å². The first-order valence-corrected chi connectivity index (χ1v) is 5.13. The average Bonchev–Trinajstić information content (AvgIpc) is 2.72. The second-order valence-corrected chi connectivity index (χ2v) is 3.52. The lowest BCUT2D eigenvalue weighted by atomic mass is 10.0. The fraction of sp³-hybridized carbons (Fsp3) is 0.250. The van der Waals surface area contributed by atoms with Gasteiger partial charge in [0.1, 0.15) is 5.82 Å². The van der Waals surface area contributed by atoms with E-state index in [9.17, 15) is 4.79 Å². The zero-order chi connectivity index (χ0) is 11.5. The average molecular weight is 213 g/mol. The minimum atomic E-state index is -0.780. The van der Waals surface area contributed by atoms with Gasteiger partial charge in [0, 0.05) is 6.42 Å². The van der Waals surface area contributed by atoms with Gasteiger partial charge in [-0.05, 0) is 12.1 Å². The van der Waals surface area contributed by atoms with Crippen molar-refractivity contribution in [2.75, 3.05) is 0 Å². The molecule has 1 aromatic carbocycles. The Morgan fingerprint density at radius 3 is 2.94 bits per heavy atom. The van der Waals surface area contributed by atoms with Crippen molar-refractivity contribution in [3.63, 3.8) is 0 Å². The maximum absolute atomic E-state index is 11.5. The summed E-state index contributed by atoms with van der Waals surface area (Å²) in [5, 5.41) is 8.98. The Morgan fingerprint density at radius 1 is 1.56 bits per heavy atom. The largest absolute Gasteiger partial charge is 0.340 e. The number of ketones is 1. The first-order valence-electron chi connectivity index (χ1n) is 5.13. The Kier molecular flexibility index (Phi) is 2.69. The number of rotatable bonds is 3. The quantitative estimate of drug-likeness (QED) is 0.849. The molecule has 1 atom stereocenters. The van der Waals surface area contributed by atoms with E-state index in [0.717, 1.165) is 11.0 Å². The van der Waals surface area contributed by atoms with E-state index in [1.165, 1.54) is 0 Å². The van der Waals surface area contributed by atoms with Gasteiger partial charge in [0.25, 0.3) is 0 Å². The summed E-state index contributed by atoms with van der Waals surface area (Å²) in [6.07, 6.45) is 0.343. The molecular weight excluding hydrogens is 202 g/mol. The molecule has 0 amide bonds. The zero-order valence-corrected chi connectivity index (χ0v) is 8.90. The van der Waals surface area contributed by atoms with Crippen LogP contribution in [0.15, 0.2) is 24.3 Å². The van der Waals surface area contributed by atoms with Gasteiger partial charge in [-0.1, -0.05) is 19.1 Å². The van der Waals surface area contributed by atoms with Crippen molar-refractivity contribution in [2.45, 2.75) is 19.3 Å². The lowest BCUT2D eigenvalue weighted by Crippen LogP contribution is -2.10. The summed E-state index contributed by atoms with van der Waals surface area (Å²) >= 11 is 0. The number of H-pyrrole nitrogens is 1. The molecule has 0 aliphatic rings. The van der Waals surface area contributed by atoms with Gasteiger partial charge < -0.3 is 4.98 Å². The van der Waals surface area contributed by atoms with Gasteiger partial charge in [-0.2, -0.15) is 5.26 Å². The lowest BCUT2D eigenvalue weighted by molar-refractivity contribution is -0.119. The first-order chi connectivity index (χ1) is 7.76. The molecule has 0 saturated carbocycles. The second-order valence-electron chi connectivity index (χ2n) is 3.52. The van der Waals surface area contributed by atoms with Gasteiger partial charge in [0.15, 0.2) is 11.7 Å². The summed E-state index contributed by atoms with van der Waals surface area (Å²) in [4.78, 5) is 18.8. The van der Waals surface area contributed by atoms with Crippen LogP contribution in [0.5, 0.6) is 0 Å². The number of aromatic amines is 1. The van der Waals surface area contributed by atoms with Crippen molar-refractivity contribution in [2.24, 2.45) is 0 Å². The van der Waals surface area contributed by atoms with Gasteiger partial charge in [0.05, 0.1) is 17.1 Å². The molecular formula is C12H11N3O. The number of Topliss-reactive ketones (excluding diaryl/α,β-unsaturated/α-hetero) is 1. The molecule has 0 aliphatic heterocycles. The molecule has 2 rings (SSSR count).